The molecule has 0 saturated heterocycles. The predicted octanol–water partition coefficient (Wildman–Crippen LogP) is 4.88. The van der Waals surface area contributed by atoms with Gasteiger partial charge in [-0.1, -0.05) is 135 Å². The molecule has 0 aliphatic heterocycles. The van der Waals surface area contributed by atoms with Crippen LogP contribution in [0.1, 0.15) is 48.9 Å². The van der Waals surface area contributed by atoms with Crippen LogP contribution in [0.5, 0.6) is 0 Å². The summed E-state index contributed by atoms with van der Waals surface area (Å²) in [5.74, 6) is -2.40. The Morgan fingerprint density at radius 3 is 1.56 bits per heavy atom. The van der Waals surface area contributed by atoms with Gasteiger partial charge in [-0.15, -0.1) is 0 Å². The molecule has 274 valence electrons. The molecule has 52 heavy (non-hydrogen) atoms. The topological polar surface area (TPSA) is 160 Å². The summed E-state index contributed by atoms with van der Waals surface area (Å²) in [5, 5.41) is 20.2. The Morgan fingerprint density at radius 2 is 1.06 bits per heavy atom. The summed E-state index contributed by atoms with van der Waals surface area (Å²) < 4.78 is 5.48. The molecule has 0 aliphatic rings. The van der Waals surface area contributed by atoms with Crippen molar-refractivity contribution < 1.29 is 29.0 Å². The number of nitrogens with two attached hydrogens (primary N) is 1. The van der Waals surface area contributed by atoms with Crippen molar-refractivity contribution in [1.82, 2.24) is 16.0 Å². The number of hydrogen-bond donors (Lipinski definition) is 5. The Labute approximate surface area is 306 Å². The number of nitrogens with one attached hydrogen (secondary N) is 3. The smallest absolute Gasteiger partial charge is 0.407 e. The van der Waals surface area contributed by atoms with Crippen LogP contribution in [0.3, 0.4) is 0 Å². The summed E-state index contributed by atoms with van der Waals surface area (Å²) in [5.41, 5.74) is 9.08. The highest BCUT2D eigenvalue weighted by atomic mass is 16.5. The van der Waals surface area contributed by atoms with Gasteiger partial charge in [-0.25, -0.2) is 4.79 Å². The minimum Gasteiger partial charge on any atom is -0.445 e. The van der Waals surface area contributed by atoms with E-state index in [1.54, 1.807) is 0 Å². The molecule has 10 nitrogen and oxygen atoms in total. The van der Waals surface area contributed by atoms with E-state index in [0.29, 0.717) is 6.42 Å². The summed E-state index contributed by atoms with van der Waals surface area (Å²) in [4.78, 5) is 53.2. The van der Waals surface area contributed by atoms with Crippen LogP contribution in [-0.2, 0) is 45.0 Å². The second-order valence-corrected chi connectivity index (χ2v) is 13.5. The van der Waals surface area contributed by atoms with E-state index in [0.717, 1.165) is 22.3 Å². The van der Waals surface area contributed by atoms with Crippen LogP contribution in [-0.4, -0.2) is 53.2 Å². The second kappa shape index (κ2) is 20.4. The number of amides is 4. The van der Waals surface area contributed by atoms with Gasteiger partial charge >= 0.3 is 6.09 Å². The normalized spacial score (nSPS) is 13.9. The van der Waals surface area contributed by atoms with Crippen molar-refractivity contribution in [1.29, 1.82) is 0 Å². The number of rotatable bonds is 19. The van der Waals surface area contributed by atoms with Crippen LogP contribution in [0.4, 0.5) is 4.79 Å². The highest BCUT2D eigenvalue weighted by molar-refractivity contribution is 5.92. The molecule has 0 fully saturated rings. The molecule has 5 atom stereocenters. The number of aliphatic hydroxyl groups is 1. The zero-order chi connectivity index (χ0) is 37.3. The van der Waals surface area contributed by atoms with Crippen molar-refractivity contribution in [3.8, 4) is 0 Å². The molecule has 0 aromatic heterocycles. The Morgan fingerprint density at radius 1 is 0.596 bits per heavy atom. The van der Waals surface area contributed by atoms with Crippen LogP contribution in [0.15, 0.2) is 121 Å². The van der Waals surface area contributed by atoms with Crippen molar-refractivity contribution in [2.45, 2.75) is 76.8 Å². The molecule has 6 N–H and O–H groups in total. The number of benzene rings is 4. The number of hydrogen-bond acceptors (Lipinski definition) is 6. The summed E-state index contributed by atoms with van der Waals surface area (Å²) in [6.45, 7) is 3.93. The van der Waals surface area contributed by atoms with E-state index in [9.17, 15) is 24.3 Å². The van der Waals surface area contributed by atoms with Crippen molar-refractivity contribution in [3.63, 3.8) is 0 Å². The minimum absolute atomic E-state index is 0.0227. The molecule has 10 heteroatoms. The lowest BCUT2D eigenvalue weighted by Crippen LogP contribution is -2.55. The van der Waals surface area contributed by atoms with Gasteiger partial charge in [0.1, 0.15) is 18.7 Å². The molecular weight excluding hydrogens is 656 g/mol. The Hall–Kier alpha value is -5.48. The molecule has 4 rings (SSSR count). The van der Waals surface area contributed by atoms with Crippen LogP contribution in [0, 0.1) is 11.8 Å². The first-order valence-electron chi connectivity index (χ1n) is 17.7. The summed E-state index contributed by atoms with van der Waals surface area (Å²) >= 11 is 0. The SMILES string of the molecule is CC(C)CC(NC(=O)C(Cc1ccccc1)CC(O)C(Cc1ccccc1)NC(=O)OCc1ccccc1)C(=O)NC(Cc1ccccc1)C(N)=O. The number of primary amides is 1. The first kappa shape index (κ1) is 39.3. The van der Waals surface area contributed by atoms with Crippen molar-refractivity contribution >= 4 is 23.8 Å². The van der Waals surface area contributed by atoms with Crippen molar-refractivity contribution in [3.05, 3.63) is 144 Å². The fourth-order valence-corrected chi connectivity index (χ4v) is 6.04. The van der Waals surface area contributed by atoms with Crippen LogP contribution in [0.25, 0.3) is 0 Å². The largest absolute Gasteiger partial charge is 0.445 e. The molecule has 0 spiro atoms. The number of ether oxygens (including phenoxy) is 1. The molecule has 0 radical (unpaired) electrons. The summed E-state index contributed by atoms with van der Waals surface area (Å²) in [6.07, 6.45) is -0.806. The lowest BCUT2D eigenvalue weighted by molar-refractivity contribution is -0.133. The fourth-order valence-electron chi connectivity index (χ4n) is 6.04. The van der Waals surface area contributed by atoms with Gasteiger partial charge in [-0.05, 0) is 53.9 Å². The third-order valence-electron chi connectivity index (χ3n) is 8.78. The molecule has 0 bridgehead atoms. The average molecular weight is 707 g/mol. The zero-order valence-corrected chi connectivity index (χ0v) is 29.8. The van der Waals surface area contributed by atoms with Gasteiger partial charge < -0.3 is 31.5 Å². The number of carbonyl (C=O) groups is 4. The van der Waals surface area contributed by atoms with Crippen LogP contribution in [0.2, 0.25) is 0 Å². The molecule has 4 aromatic carbocycles. The Bertz CT molecular complexity index is 1690. The number of alkyl carbamates (subject to hydrolysis) is 1. The lowest BCUT2D eigenvalue weighted by Gasteiger charge is -2.29. The maximum Gasteiger partial charge on any atom is 0.407 e. The van der Waals surface area contributed by atoms with Gasteiger partial charge in [0.25, 0.3) is 0 Å². The Kier molecular flexibility index (Phi) is 15.4. The van der Waals surface area contributed by atoms with Gasteiger partial charge in [0, 0.05) is 12.3 Å². The highest BCUT2D eigenvalue weighted by Crippen LogP contribution is 2.20. The van der Waals surface area contributed by atoms with Crippen molar-refractivity contribution in [2.24, 2.45) is 17.6 Å². The van der Waals surface area contributed by atoms with Crippen molar-refractivity contribution in [2.75, 3.05) is 0 Å². The van der Waals surface area contributed by atoms with E-state index in [1.807, 2.05) is 135 Å². The lowest BCUT2D eigenvalue weighted by atomic mass is 9.88. The molecule has 0 heterocycles. The second-order valence-electron chi connectivity index (χ2n) is 13.5. The maximum absolute atomic E-state index is 14.1. The maximum atomic E-state index is 14.1. The summed E-state index contributed by atoms with van der Waals surface area (Å²) in [7, 11) is 0. The van der Waals surface area contributed by atoms with Gasteiger partial charge in [0.15, 0.2) is 0 Å². The van der Waals surface area contributed by atoms with Crippen LogP contribution < -0.4 is 21.7 Å². The standard InChI is InChI=1S/C42H50N4O6/c1-29(2)23-37(41(50)44-36(39(43)48)26-32-19-11-5-12-20-32)45-40(49)34(24-30-15-7-3-8-16-30)27-38(47)35(25-31-17-9-4-10-18-31)46-42(51)52-28-33-21-13-6-14-22-33/h3-22,29,34-38,47H,23-28H2,1-2H3,(H2,43,48)(H,44,50)(H,45,49)(H,46,51). The zero-order valence-electron chi connectivity index (χ0n) is 29.8. The van der Waals surface area contributed by atoms with Gasteiger partial charge in [0.05, 0.1) is 12.1 Å². The molecule has 0 aliphatic carbocycles. The third kappa shape index (κ3) is 13.3. The third-order valence-corrected chi connectivity index (χ3v) is 8.78. The quantitative estimate of drug-likeness (QED) is 0.0935. The molecular formula is C42H50N4O6. The van der Waals surface area contributed by atoms with E-state index >= 15 is 0 Å². The number of carbonyl (C=O) groups excluding carboxylic acids is 4. The highest BCUT2D eigenvalue weighted by Gasteiger charge is 2.32. The van der Waals surface area contributed by atoms with Gasteiger partial charge in [-0.3, -0.25) is 14.4 Å². The Balaban J connectivity index is 1.52. The van der Waals surface area contributed by atoms with E-state index in [4.69, 9.17) is 10.5 Å². The fraction of sp³-hybridized carbons (Fsp3) is 0.333. The molecule has 0 saturated carbocycles. The molecule has 4 aromatic rings. The number of aliphatic hydroxyl groups excluding tert-OH is 1. The average Bonchev–Trinajstić information content (AvgIpc) is 3.14. The monoisotopic (exact) mass is 706 g/mol. The van der Waals surface area contributed by atoms with Crippen LogP contribution >= 0.6 is 0 Å². The van der Waals surface area contributed by atoms with E-state index in [-0.39, 0.29) is 38.2 Å². The first-order chi connectivity index (χ1) is 25.1. The minimum atomic E-state index is -1.16. The molecule has 4 amide bonds. The predicted molar refractivity (Wildman–Crippen MR) is 201 cm³/mol. The van der Waals surface area contributed by atoms with Gasteiger partial charge in [-0.2, -0.15) is 0 Å². The van der Waals surface area contributed by atoms with E-state index in [1.165, 1.54) is 0 Å². The van der Waals surface area contributed by atoms with E-state index < -0.39 is 54.0 Å². The molecule has 5 unspecified atom stereocenters. The summed E-state index contributed by atoms with van der Waals surface area (Å²) in [6, 6.07) is 34.6. The van der Waals surface area contributed by atoms with Gasteiger partial charge in [0.2, 0.25) is 17.7 Å². The first-order valence-corrected chi connectivity index (χ1v) is 17.7. The van der Waals surface area contributed by atoms with E-state index in [2.05, 4.69) is 16.0 Å².